The van der Waals surface area contributed by atoms with Crippen LogP contribution in [0.3, 0.4) is 0 Å². The van der Waals surface area contributed by atoms with Crippen molar-refractivity contribution >= 4 is 16.9 Å². The van der Waals surface area contributed by atoms with Crippen molar-refractivity contribution in [2.24, 2.45) is 7.05 Å². The molecule has 0 radical (unpaired) electrons. The van der Waals surface area contributed by atoms with Gasteiger partial charge in [-0.1, -0.05) is 12.1 Å². The average Bonchev–Trinajstić information content (AvgIpc) is 3.18. The minimum atomic E-state index is 0.410. The van der Waals surface area contributed by atoms with Crippen LogP contribution in [-0.2, 0) is 7.05 Å². The molecule has 0 N–H and O–H groups in total. The van der Waals surface area contributed by atoms with Crippen LogP contribution in [-0.4, -0.2) is 42.4 Å². The molecule has 1 aliphatic heterocycles. The summed E-state index contributed by atoms with van der Waals surface area (Å²) in [6.07, 6.45) is 3.81. The third-order valence-corrected chi connectivity index (χ3v) is 5.15. The smallest absolute Gasteiger partial charge is 0.159 e. The van der Waals surface area contributed by atoms with Gasteiger partial charge in [0.1, 0.15) is 17.5 Å². The van der Waals surface area contributed by atoms with Gasteiger partial charge in [-0.2, -0.15) is 5.10 Å². The first kappa shape index (κ1) is 16.0. The fraction of sp³-hybridized carbons (Fsp3) is 0.300. The number of aromatic nitrogens is 6. The predicted molar refractivity (Wildman–Crippen MR) is 104 cm³/mol. The van der Waals surface area contributed by atoms with Crippen LogP contribution >= 0.6 is 0 Å². The number of aryl methyl sites for hydroxylation is 3. The Balaban J connectivity index is 1.40. The van der Waals surface area contributed by atoms with Crippen LogP contribution in [0.4, 0.5) is 5.82 Å². The molecule has 4 aromatic rings. The van der Waals surface area contributed by atoms with Crippen molar-refractivity contribution in [1.29, 1.82) is 0 Å². The summed E-state index contributed by atoms with van der Waals surface area (Å²) >= 11 is 0. The van der Waals surface area contributed by atoms with Gasteiger partial charge in [0.2, 0.25) is 0 Å². The number of anilines is 1. The van der Waals surface area contributed by atoms with Crippen molar-refractivity contribution in [3.63, 3.8) is 0 Å². The summed E-state index contributed by atoms with van der Waals surface area (Å²) in [5, 5.41) is 4.36. The lowest BCUT2D eigenvalue weighted by atomic mass is 9.99. The maximum absolute atomic E-state index is 4.84. The molecule has 4 heterocycles. The Hall–Kier alpha value is -3.22. The normalized spacial score (nSPS) is 14.7. The van der Waals surface area contributed by atoms with E-state index in [1.165, 1.54) is 5.52 Å². The van der Waals surface area contributed by atoms with Gasteiger partial charge in [-0.15, -0.1) is 0 Å². The lowest BCUT2D eigenvalue weighted by Crippen LogP contribution is -2.46. The third kappa shape index (κ3) is 2.66. The molecule has 7 heteroatoms. The average molecular weight is 359 g/mol. The second kappa shape index (κ2) is 5.90. The van der Waals surface area contributed by atoms with Crippen LogP contribution in [0, 0.1) is 13.8 Å². The van der Waals surface area contributed by atoms with Crippen molar-refractivity contribution in [2.45, 2.75) is 19.8 Å². The summed E-state index contributed by atoms with van der Waals surface area (Å²) in [6.45, 7) is 5.76. The standard InChI is InChI=1S/C20H21N7/c1-13-9-21-27(10-13)19-8-18(22-14(2)23-19)26-11-15(12-26)20-24-16-6-4-5-7-17(16)25(20)3/h4-10,15H,11-12H2,1-3H3. The van der Waals surface area contributed by atoms with E-state index in [9.17, 15) is 0 Å². The summed E-state index contributed by atoms with van der Waals surface area (Å²) < 4.78 is 4.01. The Kier molecular flexibility index (Phi) is 3.50. The number of rotatable bonds is 3. The highest BCUT2D eigenvalue weighted by atomic mass is 15.3. The zero-order valence-corrected chi connectivity index (χ0v) is 15.7. The molecule has 0 atom stereocenters. The van der Waals surface area contributed by atoms with E-state index >= 15 is 0 Å². The van der Waals surface area contributed by atoms with Gasteiger partial charge >= 0.3 is 0 Å². The highest BCUT2D eigenvalue weighted by Gasteiger charge is 2.33. The van der Waals surface area contributed by atoms with Crippen molar-refractivity contribution in [2.75, 3.05) is 18.0 Å². The molecule has 1 aromatic carbocycles. The summed E-state index contributed by atoms with van der Waals surface area (Å²) in [4.78, 5) is 16.3. The van der Waals surface area contributed by atoms with Gasteiger partial charge in [-0.3, -0.25) is 0 Å². The number of hydrogen-bond donors (Lipinski definition) is 0. The third-order valence-electron chi connectivity index (χ3n) is 5.15. The molecule has 0 saturated carbocycles. The van der Waals surface area contributed by atoms with Gasteiger partial charge in [0.15, 0.2) is 5.82 Å². The maximum atomic E-state index is 4.84. The molecule has 136 valence electrons. The first-order valence-electron chi connectivity index (χ1n) is 9.12. The van der Waals surface area contributed by atoms with E-state index < -0.39 is 0 Å². The minimum absolute atomic E-state index is 0.410. The quantitative estimate of drug-likeness (QED) is 0.563. The molecular formula is C20H21N7. The Morgan fingerprint density at radius 2 is 1.78 bits per heavy atom. The second-order valence-corrected chi connectivity index (χ2v) is 7.21. The summed E-state index contributed by atoms with van der Waals surface area (Å²) in [7, 11) is 2.10. The molecule has 3 aromatic heterocycles. The number of benzene rings is 1. The first-order valence-corrected chi connectivity index (χ1v) is 9.12. The lowest BCUT2D eigenvalue weighted by Gasteiger charge is -2.39. The summed E-state index contributed by atoms with van der Waals surface area (Å²) in [5.41, 5.74) is 3.35. The highest BCUT2D eigenvalue weighted by molar-refractivity contribution is 5.76. The van der Waals surface area contributed by atoms with Crippen molar-refractivity contribution < 1.29 is 0 Å². The highest BCUT2D eigenvalue weighted by Crippen LogP contribution is 2.32. The fourth-order valence-electron chi connectivity index (χ4n) is 3.71. The summed E-state index contributed by atoms with van der Waals surface area (Å²) in [6, 6.07) is 10.3. The topological polar surface area (TPSA) is 64.7 Å². The Bertz CT molecular complexity index is 1130. The Morgan fingerprint density at radius 1 is 1.00 bits per heavy atom. The molecule has 7 nitrogen and oxygen atoms in total. The van der Waals surface area contributed by atoms with E-state index in [1.807, 2.05) is 38.4 Å². The van der Waals surface area contributed by atoms with E-state index in [0.717, 1.165) is 47.5 Å². The molecule has 0 spiro atoms. The van der Waals surface area contributed by atoms with Crippen LogP contribution in [0.25, 0.3) is 16.9 Å². The molecule has 1 saturated heterocycles. The summed E-state index contributed by atoms with van der Waals surface area (Å²) in [5.74, 6) is 4.05. The predicted octanol–water partition coefficient (Wildman–Crippen LogP) is 2.77. The Morgan fingerprint density at radius 3 is 2.52 bits per heavy atom. The molecule has 0 amide bonds. The van der Waals surface area contributed by atoms with Gasteiger partial charge in [0, 0.05) is 32.4 Å². The Labute approximate surface area is 157 Å². The molecule has 0 aliphatic carbocycles. The van der Waals surface area contributed by atoms with Crippen LogP contribution in [0.2, 0.25) is 0 Å². The second-order valence-electron chi connectivity index (χ2n) is 7.21. The van der Waals surface area contributed by atoms with Gasteiger partial charge < -0.3 is 9.47 Å². The van der Waals surface area contributed by atoms with E-state index in [4.69, 9.17) is 4.98 Å². The van der Waals surface area contributed by atoms with Crippen LogP contribution < -0.4 is 4.90 Å². The number of nitrogens with zero attached hydrogens (tertiary/aromatic N) is 7. The van der Waals surface area contributed by atoms with Crippen molar-refractivity contribution in [1.82, 2.24) is 29.3 Å². The van der Waals surface area contributed by atoms with Crippen molar-refractivity contribution in [3.05, 3.63) is 59.9 Å². The molecular weight excluding hydrogens is 338 g/mol. The fourth-order valence-corrected chi connectivity index (χ4v) is 3.71. The largest absolute Gasteiger partial charge is 0.355 e. The van der Waals surface area contributed by atoms with Crippen LogP contribution in [0.5, 0.6) is 0 Å². The van der Waals surface area contributed by atoms with E-state index in [-0.39, 0.29) is 0 Å². The van der Waals surface area contributed by atoms with Crippen molar-refractivity contribution in [3.8, 4) is 5.82 Å². The zero-order chi connectivity index (χ0) is 18.5. The van der Waals surface area contributed by atoms with Gasteiger partial charge in [0.25, 0.3) is 0 Å². The number of imidazole rings is 1. The van der Waals surface area contributed by atoms with Crippen LogP contribution in [0.15, 0.2) is 42.7 Å². The SMILES string of the molecule is Cc1cnn(-c2cc(N3CC(c4nc5ccccc5n4C)C3)nc(C)n2)c1. The van der Waals surface area contributed by atoms with Gasteiger partial charge in [-0.25, -0.2) is 19.6 Å². The molecule has 5 rings (SSSR count). The number of para-hydroxylation sites is 2. The number of hydrogen-bond acceptors (Lipinski definition) is 5. The lowest BCUT2D eigenvalue weighted by molar-refractivity contribution is 0.485. The minimum Gasteiger partial charge on any atom is -0.355 e. The maximum Gasteiger partial charge on any atom is 0.159 e. The number of fused-ring (bicyclic) bond motifs is 1. The van der Waals surface area contributed by atoms with Crippen LogP contribution in [0.1, 0.15) is 23.1 Å². The van der Waals surface area contributed by atoms with E-state index in [2.05, 4.69) is 49.8 Å². The first-order chi connectivity index (χ1) is 13.1. The molecule has 1 aliphatic rings. The monoisotopic (exact) mass is 359 g/mol. The molecule has 27 heavy (non-hydrogen) atoms. The molecule has 0 bridgehead atoms. The van der Waals surface area contributed by atoms with Gasteiger partial charge in [-0.05, 0) is 31.5 Å². The van der Waals surface area contributed by atoms with E-state index in [0.29, 0.717) is 5.92 Å². The zero-order valence-electron chi connectivity index (χ0n) is 15.7. The van der Waals surface area contributed by atoms with Gasteiger partial charge in [0.05, 0.1) is 23.1 Å². The molecule has 1 fully saturated rings. The molecule has 0 unspecified atom stereocenters. The van der Waals surface area contributed by atoms with E-state index in [1.54, 1.807) is 4.68 Å².